The van der Waals surface area contributed by atoms with E-state index in [9.17, 15) is 9.59 Å². The van der Waals surface area contributed by atoms with Crippen LogP contribution in [0.2, 0.25) is 5.02 Å². The van der Waals surface area contributed by atoms with Gasteiger partial charge in [0.1, 0.15) is 6.54 Å². The molecule has 0 radical (unpaired) electrons. The Morgan fingerprint density at radius 1 is 1.47 bits per heavy atom. The highest BCUT2D eigenvalue weighted by Gasteiger charge is 2.09. The van der Waals surface area contributed by atoms with Crippen LogP contribution in [0.4, 0.5) is 0 Å². The average molecular weight is 228 g/mol. The lowest BCUT2D eigenvalue weighted by Gasteiger charge is -2.05. The Morgan fingerprint density at radius 3 is 2.67 bits per heavy atom. The molecule has 0 unspecified atom stereocenters. The van der Waals surface area contributed by atoms with Crippen LogP contribution in [0.15, 0.2) is 18.2 Å². The van der Waals surface area contributed by atoms with Crippen LogP contribution in [0.1, 0.15) is 15.9 Å². The SMILES string of the molecule is Cc1cc(Cl)ccc1C(=O)NCC(=O)O. The molecule has 1 rings (SSSR count). The van der Waals surface area contributed by atoms with E-state index in [-0.39, 0.29) is 6.54 Å². The first-order chi connectivity index (χ1) is 7.00. The Labute approximate surface area is 91.9 Å². The van der Waals surface area contributed by atoms with Crippen molar-refractivity contribution < 1.29 is 14.7 Å². The van der Waals surface area contributed by atoms with Gasteiger partial charge in [-0.3, -0.25) is 9.59 Å². The maximum Gasteiger partial charge on any atom is 0.322 e. The predicted octanol–water partition coefficient (Wildman–Crippen LogP) is 1.46. The number of carboxylic acids is 1. The van der Waals surface area contributed by atoms with Gasteiger partial charge in [-0.05, 0) is 30.7 Å². The number of carbonyl (C=O) groups excluding carboxylic acids is 1. The van der Waals surface area contributed by atoms with Crippen LogP contribution in [0.25, 0.3) is 0 Å². The smallest absolute Gasteiger partial charge is 0.322 e. The van der Waals surface area contributed by atoms with Crippen LogP contribution in [-0.2, 0) is 4.79 Å². The lowest BCUT2D eigenvalue weighted by atomic mass is 10.1. The minimum Gasteiger partial charge on any atom is -0.480 e. The Hall–Kier alpha value is -1.55. The third kappa shape index (κ3) is 3.25. The summed E-state index contributed by atoms with van der Waals surface area (Å²) in [5.41, 5.74) is 1.14. The van der Waals surface area contributed by atoms with E-state index in [1.54, 1.807) is 25.1 Å². The van der Waals surface area contributed by atoms with Crippen molar-refractivity contribution in [1.82, 2.24) is 5.32 Å². The van der Waals surface area contributed by atoms with Crippen LogP contribution >= 0.6 is 11.6 Å². The van der Waals surface area contributed by atoms with Crippen molar-refractivity contribution in [3.8, 4) is 0 Å². The monoisotopic (exact) mass is 227 g/mol. The number of rotatable bonds is 3. The normalized spacial score (nSPS) is 9.73. The molecule has 1 aromatic carbocycles. The zero-order valence-corrected chi connectivity index (χ0v) is 8.84. The summed E-state index contributed by atoms with van der Waals surface area (Å²) in [6, 6.07) is 4.80. The van der Waals surface area contributed by atoms with Gasteiger partial charge in [-0.2, -0.15) is 0 Å². The minimum absolute atomic E-state index is 0.388. The van der Waals surface area contributed by atoms with Crippen LogP contribution in [0.5, 0.6) is 0 Å². The van der Waals surface area contributed by atoms with Crippen molar-refractivity contribution >= 4 is 23.5 Å². The molecule has 0 aliphatic carbocycles. The molecule has 0 atom stereocenters. The fraction of sp³-hybridized carbons (Fsp3) is 0.200. The number of benzene rings is 1. The molecule has 0 saturated heterocycles. The second-order valence-electron chi connectivity index (χ2n) is 3.04. The van der Waals surface area contributed by atoms with Gasteiger partial charge in [0.05, 0.1) is 0 Å². The molecule has 0 heterocycles. The van der Waals surface area contributed by atoms with E-state index in [0.29, 0.717) is 16.1 Å². The molecule has 0 spiro atoms. The number of aryl methyl sites for hydroxylation is 1. The Balaban J connectivity index is 2.78. The molecule has 0 saturated carbocycles. The van der Waals surface area contributed by atoms with E-state index in [2.05, 4.69) is 5.32 Å². The molecule has 0 aliphatic heterocycles. The van der Waals surface area contributed by atoms with Gasteiger partial charge in [-0.25, -0.2) is 0 Å². The van der Waals surface area contributed by atoms with E-state index in [4.69, 9.17) is 16.7 Å². The first kappa shape index (κ1) is 11.5. The molecule has 0 aliphatic rings. The van der Waals surface area contributed by atoms with Crippen LogP contribution < -0.4 is 5.32 Å². The maximum absolute atomic E-state index is 11.5. The fourth-order valence-electron chi connectivity index (χ4n) is 1.13. The zero-order chi connectivity index (χ0) is 11.4. The summed E-state index contributed by atoms with van der Waals surface area (Å²) in [5.74, 6) is -1.48. The number of carboxylic acid groups (broad SMARTS) is 1. The van der Waals surface area contributed by atoms with Gasteiger partial charge in [0.25, 0.3) is 5.91 Å². The quantitative estimate of drug-likeness (QED) is 0.822. The molecule has 0 bridgehead atoms. The third-order valence-corrected chi connectivity index (χ3v) is 2.07. The third-order valence-electron chi connectivity index (χ3n) is 1.83. The second-order valence-corrected chi connectivity index (χ2v) is 3.47. The minimum atomic E-state index is -1.07. The maximum atomic E-state index is 11.5. The fourth-order valence-corrected chi connectivity index (χ4v) is 1.36. The summed E-state index contributed by atoms with van der Waals surface area (Å²) in [6.45, 7) is 1.35. The van der Waals surface area contributed by atoms with E-state index < -0.39 is 11.9 Å². The number of aliphatic carboxylic acids is 1. The van der Waals surface area contributed by atoms with Gasteiger partial charge in [-0.1, -0.05) is 11.6 Å². The Bertz CT molecular complexity index is 404. The van der Waals surface area contributed by atoms with Crippen molar-refractivity contribution in [3.05, 3.63) is 34.3 Å². The number of hydrogen-bond donors (Lipinski definition) is 2. The summed E-state index contributed by atoms with van der Waals surface area (Å²) < 4.78 is 0. The van der Waals surface area contributed by atoms with E-state index in [1.807, 2.05) is 0 Å². The molecular formula is C10H10ClNO3. The number of carbonyl (C=O) groups is 2. The number of nitrogens with one attached hydrogen (secondary N) is 1. The zero-order valence-electron chi connectivity index (χ0n) is 8.08. The van der Waals surface area contributed by atoms with Gasteiger partial charge in [0.2, 0.25) is 0 Å². The number of amides is 1. The van der Waals surface area contributed by atoms with Gasteiger partial charge in [0.15, 0.2) is 0 Å². The molecule has 1 aromatic rings. The largest absolute Gasteiger partial charge is 0.480 e. The van der Waals surface area contributed by atoms with E-state index in [0.717, 1.165) is 0 Å². The first-order valence-corrected chi connectivity index (χ1v) is 4.64. The standard InChI is InChI=1S/C10H10ClNO3/c1-6-4-7(11)2-3-8(6)10(15)12-5-9(13)14/h2-4H,5H2,1H3,(H,12,15)(H,13,14). The Morgan fingerprint density at radius 2 is 2.13 bits per heavy atom. The summed E-state index contributed by atoms with van der Waals surface area (Å²) >= 11 is 5.72. The number of hydrogen-bond acceptors (Lipinski definition) is 2. The van der Waals surface area contributed by atoms with Gasteiger partial charge < -0.3 is 10.4 Å². The summed E-state index contributed by atoms with van der Waals surface area (Å²) in [7, 11) is 0. The lowest BCUT2D eigenvalue weighted by Crippen LogP contribution is -2.29. The van der Waals surface area contributed by atoms with Crippen LogP contribution in [-0.4, -0.2) is 23.5 Å². The van der Waals surface area contributed by atoms with Crippen molar-refractivity contribution in [2.45, 2.75) is 6.92 Å². The van der Waals surface area contributed by atoms with E-state index >= 15 is 0 Å². The van der Waals surface area contributed by atoms with Crippen molar-refractivity contribution in [2.75, 3.05) is 6.54 Å². The lowest BCUT2D eigenvalue weighted by molar-refractivity contribution is -0.135. The topological polar surface area (TPSA) is 66.4 Å². The molecule has 0 fully saturated rings. The highest BCUT2D eigenvalue weighted by atomic mass is 35.5. The predicted molar refractivity (Wildman–Crippen MR) is 56.2 cm³/mol. The molecule has 4 nitrogen and oxygen atoms in total. The van der Waals surface area contributed by atoms with Crippen LogP contribution in [0.3, 0.4) is 0 Å². The summed E-state index contributed by atoms with van der Waals surface area (Å²) in [6.07, 6.45) is 0. The number of halogens is 1. The summed E-state index contributed by atoms with van der Waals surface area (Å²) in [4.78, 5) is 21.7. The molecular weight excluding hydrogens is 218 g/mol. The van der Waals surface area contributed by atoms with E-state index in [1.165, 1.54) is 0 Å². The highest BCUT2D eigenvalue weighted by Crippen LogP contribution is 2.14. The Kier molecular flexibility index (Phi) is 3.68. The van der Waals surface area contributed by atoms with Gasteiger partial charge in [-0.15, -0.1) is 0 Å². The average Bonchev–Trinajstić information content (AvgIpc) is 2.14. The van der Waals surface area contributed by atoms with Crippen molar-refractivity contribution in [3.63, 3.8) is 0 Å². The molecule has 2 N–H and O–H groups in total. The first-order valence-electron chi connectivity index (χ1n) is 4.27. The summed E-state index contributed by atoms with van der Waals surface area (Å²) in [5, 5.41) is 11.2. The van der Waals surface area contributed by atoms with Gasteiger partial charge >= 0.3 is 5.97 Å². The molecule has 5 heteroatoms. The molecule has 0 aromatic heterocycles. The van der Waals surface area contributed by atoms with Crippen LogP contribution in [0, 0.1) is 6.92 Å². The molecule has 80 valence electrons. The molecule has 1 amide bonds. The van der Waals surface area contributed by atoms with Crippen molar-refractivity contribution in [2.24, 2.45) is 0 Å². The second kappa shape index (κ2) is 4.79. The molecule has 15 heavy (non-hydrogen) atoms. The van der Waals surface area contributed by atoms with Gasteiger partial charge in [0, 0.05) is 10.6 Å². The van der Waals surface area contributed by atoms with Crippen molar-refractivity contribution in [1.29, 1.82) is 0 Å². The highest BCUT2D eigenvalue weighted by molar-refractivity contribution is 6.30.